The number of unbranched alkanes of at least 4 members (excludes halogenated alkanes) is 2. The van der Waals surface area contributed by atoms with E-state index in [4.69, 9.17) is 4.74 Å². The Bertz CT molecular complexity index is 1110. The normalized spacial score (nSPS) is 23.2. The van der Waals surface area contributed by atoms with Crippen LogP contribution in [0.15, 0.2) is 36.4 Å². The Morgan fingerprint density at radius 3 is 2.09 bits per heavy atom. The average Bonchev–Trinajstić information content (AvgIpc) is 2.89. The topological polar surface area (TPSA) is 73.9 Å². The summed E-state index contributed by atoms with van der Waals surface area (Å²) in [6.45, 7) is 3.98. The first kappa shape index (κ1) is 24.0. The fourth-order valence-corrected chi connectivity index (χ4v) is 6.16. The molecule has 2 aromatic rings. The molecule has 0 aromatic heterocycles. The summed E-state index contributed by atoms with van der Waals surface area (Å²) in [5.41, 5.74) is 4.26. The summed E-state index contributed by atoms with van der Waals surface area (Å²) in [7, 11) is 0. The van der Waals surface area contributed by atoms with Crippen molar-refractivity contribution in [3.8, 4) is 29.0 Å². The van der Waals surface area contributed by atoms with Gasteiger partial charge in [0.1, 0.15) is 23.5 Å². The molecule has 5 rings (SSSR count). The molecular weight excluding hydrogens is 420 g/mol. The molecule has 0 aliphatic heterocycles. The van der Waals surface area contributed by atoms with Crippen LogP contribution in [0, 0.1) is 28.1 Å². The van der Waals surface area contributed by atoms with E-state index in [1.54, 1.807) is 19.1 Å². The molecular formula is C30H34N2O2. The zero-order chi connectivity index (χ0) is 24.2. The van der Waals surface area contributed by atoms with Gasteiger partial charge in [0.25, 0.3) is 0 Å². The van der Waals surface area contributed by atoms with Gasteiger partial charge in [0.15, 0.2) is 0 Å². The van der Waals surface area contributed by atoms with E-state index < -0.39 is 5.97 Å². The molecule has 0 radical (unpaired) electrons. The Morgan fingerprint density at radius 2 is 1.53 bits per heavy atom. The lowest BCUT2D eigenvalue weighted by Gasteiger charge is -2.54. The van der Waals surface area contributed by atoms with Crippen molar-refractivity contribution in [3.05, 3.63) is 53.1 Å². The third-order valence-corrected chi connectivity index (χ3v) is 8.42. The van der Waals surface area contributed by atoms with Crippen LogP contribution in [-0.2, 0) is 10.2 Å². The summed E-state index contributed by atoms with van der Waals surface area (Å²) in [4.78, 5) is 11.7. The molecule has 34 heavy (non-hydrogen) atoms. The van der Waals surface area contributed by atoms with Crippen LogP contribution in [-0.4, -0.2) is 5.97 Å². The number of ether oxygens (including phenoxy) is 1. The third kappa shape index (κ3) is 4.47. The number of carbonyl (C=O) groups is 1. The minimum Gasteiger partial charge on any atom is -0.425 e. The Balaban J connectivity index is 1.56. The molecule has 3 fully saturated rings. The van der Waals surface area contributed by atoms with Crippen molar-refractivity contribution in [2.24, 2.45) is 5.41 Å². The van der Waals surface area contributed by atoms with Crippen LogP contribution in [0.3, 0.4) is 0 Å². The number of fused-ring (bicyclic) bond motifs is 3. The van der Waals surface area contributed by atoms with Gasteiger partial charge in [-0.15, -0.1) is 0 Å². The molecule has 4 nitrogen and oxygen atoms in total. The van der Waals surface area contributed by atoms with E-state index in [1.165, 1.54) is 69.8 Å². The van der Waals surface area contributed by atoms with E-state index in [0.717, 1.165) is 5.56 Å². The molecule has 3 aliphatic carbocycles. The molecule has 0 unspecified atom stereocenters. The van der Waals surface area contributed by atoms with Crippen molar-refractivity contribution in [1.82, 2.24) is 0 Å². The summed E-state index contributed by atoms with van der Waals surface area (Å²) in [5.74, 6) is -0.275. The number of benzene rings is 2. The SMILES string of the molecule is CCCCCC12CCC(c3ccc(-c4ccc(OC(=O)CC)c(C#N)c4C#N)cc3)(CC1)CC2. The summed E-state index contributed by atoms with van der Waals surface area (Å²) < 4.78 is 5.28. The van der Waals surface area contributed by atoms with Gasteiger partial charge in [0.05, 0.1) is 5.56 Å². The van der Waals surface area contributed by atoms with E-state index in [0.29, 0.717) is 16.4 Å². The average molecular weight is 455 g/mol. The van der Waals surface area contributed by atoms with Gasteiger partial charge in [-0.3, -0.25) is 4.79 Å². The number of nitriles is 2. The van der Waals surface area contributed by atoms with Crippen LogP contribution in [0.4, 0.5) is 0 Å². The molecule has 0 atom stereocenters. The van der Waals surface area contributed by atoms with Crippen LogP contribution in [0.25, 0.3) is 11.1 Å². The van der Waals surface area contributed by atoms with Crippen LogP contribution in [0.5, 0.6) is 5.75 Å². The molecule has 2 bridgehead atoms. The maximum absolute atomic E-state index is 11.7. The molecule has 0 spiro atoms. The first-order valence-electron chi connectivity index (χ1n) is 12.8. The van der Waals surface area contributed by atoms with E-state index in [-0.39, 0.29) is 23.3 Å². The van der Waals surface area contributed by atoms with Gasteiger partial charge < -0.3 is 4.74 Å². The fraction of sp³-hybridized carbons (Fsp3) is 0.500. The minimum atomic E-state index is -0.425. The van der Waals surface area contributed by atoms with Gasteiger partial charge >= 0.3 is 5.97 Å². The Kier molecular flexibility index (Phi) is 7.08. The molecule has 2 aromatic carbocycles. The van der Waals surface area contributed by atoms with E-state index in [2.05, 4.69) is 43.3 Å². The van der Waals surface area contributed by atoms with Gasteiger partial charge in [-0.1, -0.05) is 57.4 Å². The van der Waals surface area contributed by atoms with Crippen molar-refractivity contribution >= 4 is 5.97 Å². The smallest absolute Gasteiger partial charge is 0.310 e. The summed E-state index contributed by atoms with van der Waals surface area (Å²) in [6, 6.07) is 16.2. The highest BCUT2D eigenvalue weighted by Gasteiger charge is 2.48. The van der Waals surface area contributed by atoms with Crippen LogP contribution >= 0.6 is 0 Å². The number of rotatable bonds is 8. The lowest BCUT2D eigenvalue weighted by atomic mass is 9.51. The maximum Gasteiger partial charge on any atom is 0.310 e. The predicted molar refractivity (Wildman–Crippen MR) is 133 cm³/mol. The second kappa shape index (κ2) is 10.0. The summed E-state index contributed by atoms with van der Waals surface area (Å²) in [5, 5.41) is 19.5. The van der Waals surface area contributed by atoms with Gasteiger partial charge in [0, 0.05) is 12.0 Å². The molecule has 0 saturated heterocycles. The molecule has 3 saturated carbocycles. The molecule has 0 N–H and O–H groups in total. The highest BCUT2D eigenvalue weighted by Crippen LogP contribution is 2.59. The van der Waals surface area contributed by atoms with Crippen LogP contribution in [0.2, 0.25) is 0 Å². The largest absolute Gasteiger partial charge is 0.425 e. The molecule has 4 heteroatoms. The van der Waals surface area contributed by atoms with Crippen molar-refractivity contribution < 1.29 is 9.53 Å². The van der Waals surface area contributed by atoms with Crippen molar-refractivity contribution in [2.75, 3.05) is 0 Å². The molecule has 176 valence electrons. The molecule has 0 amide bonds. The maximum atomic E-state index is 11.7. The number of nitrogens with zero attached hydrogens (tertiary/aromatic N) is 2. The quantitative estimate of drug-likeness (QED) is 0.234. The van der Waals surface area contributed by atoms with Gasteiger partial charge in [-0.2, -0.15) is 10.5 Å². The summed E-state index contributed by atoms with van der Waals surface area (Å²) >= 11 is 0. The first-order valence-corrected chi connectivity index (χ1v) is 12.8. The number of carbonyl (C=O) groups excluding carboxylic acids is 1. The second-order valence-corrected chi connectivity index (χ2v) is 10.2. The summed E-state index contributed by atoms with van der Waals surface area (Å²) in [6.07, 6.45) is 13.5. The van der Waals surface area contributed by atoms with Crippen molar-refractivity contribution in [1.29, 1.82) is 10.5 Å². The number of hydrogen-bond acceptors (Lipinski definition) is 4. The molecule has 0 heterocycles. The Morgan fingerprint density at radius 1 is 0.882 bits per heavy atom. The standard InChI is InChI=1S/C30H34N2O2/c1-3-5-6-13-29-14-17-30(18-15-29,19-16-29)23-9-7-22(8-10-23)24-11-12-27(34-28(33)4-2)26(21-32)25(24)20-31/h7-12H,3-6,13-19H2,1-2H3. The number of hydrogen-bond donors (Lipinski definition) is 0. The van der Waals surface area contributed by atoms with Crippen molar-refractivity contribution in [3.63, 3.8) is 0 Å². The predicted octanol–water partition coefficient (Wildman–Crippen LogP) is 7.58. The van der Waals surface area contributed by atoms with Crippen molar-refractivity contribution in [2.45, 2.75) is 89.9 Å². The highest BCUT2D eigenvalue weighted by molar-refractivity contribution is 5.79. The van der Waals surface area contributed by atoms with E-state index in [9.17, 15) is 15.3 Å². The second-order valence-electron chi connectivity index (χ2n) is 10.2. The monoisotopic (exact) mass is 454 g/mol. The van der Waals surface area contributed by atoms with Crippen LogP contribution < -0.4 is 4.74 Å². The lowest BCUT2D eigenvalue weighted by Crippen LogP contribution is -2.44. The number of esters is 1. The first-order chi connectivity index (χ1) is 16.5. The van der Waals surface area contributed by atoms with Gasteiger partial charge in [-0.25, -0.2) is 0 Å². The third-order valence-electron chi connectivity index (χ3n) is 8.42. The van der Waals surface area contributed by atoms with Crippen LogP contribution in [0.1, 0.15) is 101 Å². The zero-order valence-corrected chi connectivity index (χ0v) is 20.5. The van der Waals surface area contributed by atoms with E-state index >= 15 is 0 Å². The molecule has 3 aliphatic rings. The van der Waals surface area contributed by atoms with Gasteiger partial charge in [0.2, 0.25) is 0 Å². The van der Waals surface area contributed by atoms with Gasteiger partial charge in [-0.05, 0) is 79.0 Å². The Labute approximate surface area is 203 Å². The lowest BCUT2D eigenvalue weighted by molar-refractivity contribution is -0.134. The fourth-order valence-electron chi connectivity index (χ4n) is 6.16. The minimum absolute atomic E-state index is 0.114. The Hall–Kier alpha value is -3.11. The highest BCUT2D eigenvalue weighted by atomic mass is 16.5. The zero-order valence-electron chi connectivity index (χ0n) is 20.5. The van der Waals surface area contributed by atoms with E-state index in [1.807, 2.05) is 0 Å².